The first-order chi connectivity index (χ1) is 16.6. The van der Waals surface area contributed by atoms with Crippen LogP contribution in [0.3, 0.4) is 0 Å². The zero-order chi connectivity index (χ0) is 23.7. The maximum atomic E-state index is 12.4. The maximum absolute atomic E-state index is 12.4. The number of nitrogens with one attached hydrogen (secondary N) is 1. The zero-order valence-electron chi connectivity index (χ0n) is 20.2. The molecule has 2 fully saturated rings. The Morgan fingerprint density at radius 1 is 1.24 bits per heavy atom. The quantitative estimate of drug-likeness (QED) is 0.423. The molecule has 1 saturated heterocycles. The first-order valence-corrected chi connectivity index (χ1v) is 13.2. The largest absolute Gasteiger partial charge is 0.385 e. The number of hydrogen-bond acceptors (Lipinski definition) is 4. The van der Waals surface area contributed by atoms with Crippen molar-refractivity contribution in [3.05, 3.63) is 68.7 Å². The molecule has 1 aromatic carbocycles. The molecule has 0 radical (unpaired) electrons. The lowest BCUT2D eigenvalue weighted by Crippen LogP contribution is -2.51. The number of methoxy groups -OCH3 is 1. The van der Waals surface area contributed by atoms with E-state index < -0.39 is 0 Å². The molecule has 1 unspecified atom stereocenters. The van der Waals surface area contributed by atoms with E-state index in [0.717, 1.165) is 50.1 Å². The van der Waals surface area contributed by atoms with Crippen molar-refractivity contribution in [1.82, 2.24) is 19.4 Å². The number of ether oxygens (including phenoxy) is 1. The van der Waals surface area contributed by atoms with Crippen LogP contribution in [-0.4, -0.2) is 52.9 Å². The number of nitrogens with zero attached hydrogens (tertiary/aromatic N) is 3. The second kappa shape index (κ2) is 10.4. The Labute approximate surface area is 210 Å². The summed E-state index contributed by atoms with van der Waals surface area (Å²) in [5.41, 5.74) is 3.92. The second-order valence-corrected chi connectivity index (χ2v) is 10.7. The number of rotatable bonds is 9. The molecule has 34 heavy (non-hydrogen) atoms. The molecule has 2 atom stereocenters. The van der Waals surface area contributed by atoms with Gasteiger partial charge in [-0.3, -0.25) is 9.69 Å². The van der Waals surface area contributed by atoms with Crippen LogP contribution in [0.15, 0.2) is 52.0 Å². The van der Waals surface area contributed by atoms with Gasteiger partial charge in [-0.25, -0.2) is 0 Å². The number of pyridine rings is 1. The third kappa shape index (κ3) is 4.89. The summed E-state index contributed by atoms with van der Waals surface area (Å²) >= 11 is 3.84. The highest BCUT2D eigenvalue weighted by Crippen LogP contribution is 2.39. The van der Waals surface area contributed by atoms with Gasteiger partial charge in [-0.15, -0.1) is 0 Å². The molecule has 1 aliphatic heterocycles. The number of aromatic nitrogens is 2. The highest BCUT2D eigenvalue weighted by atomic mass is 79.9. The maximum Gasteiger partial charge on any atom is 0.250 e. The van der Waals surface area contributed by atoms with Crippen LogP contribution in [0.2, 0.25) is 0 Å². The van der Waals surface area contributed by atoms with Crippen molar-refractivity contribution in [3.63, 3.8) is 0 Å². The molecule has 6 nitrogen and oxygen atoms in total. The Morgan fingerprint density at radius 3 is 2.85 bits per heavy atom. The molecule has 7 heteroatoms. The molecule has 2 aliphatic rings. The van der Waals surface area contributed by atoms with Crippen molar-refractivity contribution in [2.45, 2.75) is 56.8 Å². The van der Waals surface area contributed by atoms with Crippen molar-refractivity contribution in [1.29, 1.82) is 0 Å². The van der Waals surface area contributed by atoms with Crippen LogP contribution in [0.5, 0.6) is 0 Å². The molecule has 1 aliphatic carbocycles. The minimum Gasteiger partial charge on any atom is -0.385 e. The molecule has 1 saturated carbocycles. The summed E-state index contributed by atoms with van der Waals surface area (Å²) in [5, 5.41) is 4.96. The molecule has 0 spiro atoms. The van der Waals surface area contributed by atoms with Gasteiger partial charge in [-0.05, 0) is 61.6 Å². The minimum absolute atomic E-state index is 0.0795. The van der Waals surface area contributed by atoms with Gasteiger partial charge in [0, 0.05) is 92.2 Å². The number of hydrogen-bond donors (Lipinski definition) is 1. The fourth-order valence-electron chi connectivity index (χ4n) is 5.57. The number of fused-ring (bicyclic) bond motifs is 1. The van der Waals surface area contributed by atoms with E-state index in [4.69, 9.17) is 4.74 Å². The molecule has 3 heterocycles. The van der Waals surface area contributed by atoms with Crippen molar-refractivity contribution in [2.75, 3.05) is 26.8 Å². The van der Waals surface area contributed by atoms with Crippen molar-refractivity contribution in [3.8, 4) is 0 Å². The third-order valence-corrected chi connectivity index (χ3v) is 8.14. The van der Waals surface area contributed by atoms with E-state index >= 15 is 0 Å². The topological polar surface area (TPSA) is 51.4 Å². The van der Waals surface area contributed by atoms with Crippen LogP contribution in [0.25, 0.3) is 10.9 Å². The van der Waals surface area contributed by atoms with Crippen LogP contribution in [-0.2, 0) is 24.9 Å². The summed E-state index contributed by atoms with van der Waals surface area (Å²) < 4.78 is 10.5. The van der Waals surface area contributed by atoms with Gasteiger partial charge in [0.25, 0.3) is 5.56 Å². The van der Waals surface area contributed by atoms with E-state index in [2.05, 4.69) is 61.2 Å². The van der Waals surface area contributed by atoms with Crippen molar-refractivity contribution in [2.24, 2.45) is 7.05 Å². The van der Waals surface area contributed by atoms with Gasteiger partial charge in [0.2, 0.25) is 0 Å². The molecule has 182 valence electrons. The molecule has 1 N–H and O–H groups in total. The Bertz CT molecular complexity index is 1200. The van der Waals surface area contributed by atoms with E-state index in [-0.39, 0.29) is 5.56 Å². The molecule has 5 rings (SSSR count). The molecule has 0 amide bonds. The molecular formula is C27H35BrN4O2. The van der Waals surface area contributed by atoms with E-state index in [1.54, 1.807) is 11.7 Å². The Morgan fingerprint density at radius 2 is 2.09 bits per heavy atom. The summed E-state index contributed by atoms with van der Waals surface area (Å²) in [6.45, 7) is 4.60. The highest BCUT2D eigenvalue weighted by Gasteiger charge is 2.39. The van der Waals surface area contributed by atoms with Crippen LogP contribution in [0, 0.1) is 0 Å². The number of aryl methyl sites for hydroxylation is 2. The first kappa shape index (κ1) is 23.8. The van der Waals surface area contributed by atoms with Crippen LogP contribution in [0.4, 0.5) is 0 Å². The number of benzene rings is 1. The Kier molecular flexibility index (Phi) is 7.25. The normalized spacial score (nSPS) is 20.9. The van der Waals surface area contributed by atoms with Crippen molar-refractivity contribution >= 4 is 26.8 Å². The highest BCUT2D eigenvalue weighted by molar-refractivity contribution is 9.10. The zero-order valence-corrected chi connectivity index (χ0v) is 21.8. The molecule has 3 aromatic rings. The predicted molar refractivity (Wildman–Crippen MR) is 140 cm³/mol. The SMILES string of the molecule is COCCCn1cc(CN(C2CC2)C2CNCC[C@@H]2c2ccn(C)c(=O)c2)c2c(Br)cccc21. The fraction of sp³-hybridized carbons (Fsp3) is 0.519. The van der Waals surface area contributed by atoms with Gasteiger partial charge in [0.05, 0.1) is 0 Å². The van der Waals surface area contributed by atoms with Gasteiger partial charge < -0.3 is 19.2 Å². The fourth-order valence-corrected chi connectivity index (χ4v) is 6.18. The second-order valence-electron chi connectivity index (χ2n) is 9.81. The standard InChI is InChI=1S/C27H35BrN4O2/c1-30-13-10-19(15-26(30)33)22-9-11-29-16-25(22)32(21-7-8-21)18-20-17-31(12-4-14-34-2)24-6-3-5-23(28)27(20)24/h3,5-6,10,13,15,17,21-22,25,29H,4,7-9,11-12,14,16,18H2,1-2H3/t22-,25?/m1/s1. The minimum atomic E-state index is 0.0795. The third-order valence-electron chi connectivity index (χ3n) is 7.48. The van der Waals surface area contributed by atoms with E-state index in [9.17, 15) is 4.79 Å². The molecular weight excluding hydrogens is 492 g/mol. The van der Waals surface area contributed by atoms with Gasteiger partial charge in [0.15, 0.2) is 0 Å². The summed E-state index contributed by atoms with van der Waals surface area (Å²) in [4.78, 5) is 15.1. The van der Waals surface area contributed by atoms with E-state index in [0.29, 0.717) is 18.0 Å². The average molecular weight is 528 g/mol. The Hall–Kier alpha value is -1.93. The average Bonchev–Trinajstić information content (AvgIpc) is 3.62. The first-order valence-electron chi connectivity index (χ1n) is 12.4. The van der Waals surface area contributed by atoms with Crippen LogP contribution < -0.4 is 10.9 Å². The summed E-state index contributed by atoms with van der Waals surface area (Å²) in [6.07, 6.45) is 8.84. The van der Waals surface area contributed by atoms with E-state index in [1.807, 2.05) is 19.3 Å². The van der Waals surface area contributed by atoms with Gasteiger partial charge >= 0.3 is 0 Å². The van der Waals surface area contributed by atoms with Gasteiger partial charge in [-0.2, -0.15) is 0 Å². The van der Waals surface area contributed by atoms with Crippen LogP contribution >= 0.6 is 15.9 Å². The van der Waals surface area contributed by atoms with Crippen LogP contribution in [0.1, 0.15) is 42.7 Å². The van der Waals surface area contributed by atoms with Crippen molar-refractivity contribution < 1.29 is 4.74 Å². The molecule has 0 bridgehead atoms. The lowest BCUT2D eigenvalue weighted by atomic mass is 9.85. The summed E-state index contributed by atoms with van der Waals surface area (Å²) in [5.74, 6) is 0.370. The smallest absolute Gasteiger partial charge is 0.250 e. The van der Waals surface area contributed by atoms with E-state index in [1.165, 1.54) is 34.9 Å². The number of piperidine rings is 1. The number of halogens is 1. The summed E-state index contributed by atoms with van der Waals surface area (Å²) in [6, 6.07) is 11.5. The van der Waals surface area contributed by atoms with Gasteiger partial charge in [0.1, 0.15) is 0 Å². The molecule has 2 aromatic heterocycles. The van der Waals surface area contributed by atoms with Gasteiger partial charge in [-0.1, -0.05) is 22.0 Å². The lowest BCUT2D eigenvalue weighted by molar-refractivity contribution is 0.129. The Balaban J connectivity index is 1.48. The summed E-state index contributed by atoms with van der Waals surface area (Å²) in [7, 11) is 3.59. The monoisotopic (exact) mass is 526 g/mol. The lowest BCUT2D eigenvalue weighted by Gasteiger charge is -2.41. The predicted octanol–water partition coefficient (Wildman–Crippen LogP) is 4.25.